The van der Waals surface area contributed by atoms with Gasteiger partial charge >= 0.3 is 0 Å². The molecular weight excluding hydrogens is 324 g/mol. The second kappa shape index (κ2) is 5.09. The standard InChI is InChI=1S/C11H11FINO2/c12-7-3-4-9(8(13)6-7)14-11(15)10-2-1-5-16-10/h3-4,6,10H,1-2,5H2,(H,14,15). The molecule has 0 bridgehead atoms. The van der Waals surface area contributed by atoms with Crippen molar-refractivity contribution in [1.82, 2.24) is 0 Å². The van der Waals surface area contributed by atoms with Crippen molar-refractivity contribution in [3.8, 4) is 0 Å². The number of benzene rings is 1. The Kier molecular flexibility index (Phi) is 3.75. The van der Waals surface area contributed by atoms with E-state index in [-0.39, 0.29) is 17.8 Å². The van der Waals surface area contributed by atoms with Gasteiger partial charge in [-0.25, -0.2) is 4.39 Å². The largest absolute Gasteiger partial charge is 0.368 e. The quantitative estimate of drug-likeness (QED) is 0.844. The van der Waals surface area contributed by atoms with Crippen LogP contribution in [0.3, 0.4) is 0 Å². The first-order valence-electron chi connectivity index (χ1n) is 5.04. The van der Waals surface area contributed by atoms with E-state index in [0.29, 0.717) is 15.9 Å². The molecule has 0 saturated carbocycles. The Morgan fingerprint density at radius 2 is 2.38 bits per heavy atom. The lowest BCUT2D eigenvalue weighted by Gasteiger charge is -2.11. The van der Waals surface area contributed by atoms with Crippen molar-refractivity contribution >= 4 is 34.2 Å². The summed E-state index contributed by atoms with van der Waals surface area (Å²) in [6.07, 6.45) is 1.31. The van der Waals surface area contributed by atoms with Gasteiger partial charge in [-0.2, -0.15) is 0 Å². The lowest BCUT2D eigenvalue weighted by atomic mass is 10.2. The summed E-state index contributed by atoms with van der Waals surface area (Å²) < 4.78 is 18.8. The third-order valence-electron chi connectivity index (χ3n) is 2.41. The molecule has 1 unspecified atom stereocenters. The fraction of sp³-hybridized carbons (Fsp3) is 0.364. The summed E-state index contributed by atoms with van der Waals surface area (Å²) in [5.74, 6) is -0.457. The zero-order valence-electron chi connectivity index (χ0n) is 8.50. The van der Waals surface area contributed by atoms with Gasteiger partial charge in [0.2, 0.25) is 0 Å². The molecule has 5 heteroatoms. The van der Waals surface area contributed by atoms with Crippen molar-refractivity contribution in [2.75, 3.05) is 11.9 Å². The van der Waals surface area contributed by atoms with E-state index in [1.165, 1.54) is 12.1 Å². The van der Waals surface area contributed by atoms with Gasteiger partial charge in [0.25, 0.3) is 5.91 Å². The van der Waals surface area contributed by atoms with Crippen LogP contribution in [0.4, 0.5) is 10.1 Å². The average molecular weight is 335 g/mol. The highest BCUT2D eigenvalue weighted by atomic mass is 127. The van der Waals surface area contributed by atoms with Crippen molar-refractivity contribution in [3.63, 3.8) is 0 Å². The first kappa shape index (κ1) is 11.8. The van der Waals surface area contributed by atoms with Crippen LogP contribution >= 0.6 is 22.6 Å². The monoisotopic (exact) mass is 335 g/mol. The number of hydrogen-bond donors (Lipinski definition) is 1. The van der Waals surface area contributed by atoms with Gasteiger partial charge in [-0.3, -0.25) is 4.79 Å². The minimum Gasteiger partial charge on any atom is -0.368 e. The molecule has 1 N–H and O–H groups in total. The predicted molar refractivity (Wildman–Crippen MR) is 66.7 cm³/mol. The molecule has 0 aromatic heterocycles. The van der Waals surface area contributed by atoms with Gasteiger partial charge in [-0.05, 0) is 53.6 Å². The summed E-state index contributed by atoms with van der Waals surface area (Å²) >= 11 is 1.99. The number of hydrogen-bond acceptors (Lipinski definition) is 2. The highest BCUT2D eigenvalue weighted by Gasteiger charge is 2.23. The third kappa shape index (κ3) is 2.70. The zero-order valence-corrected chi connectivity index (χ0v) is 10.7. The van der Waals surface area contributed by atoms with Crippen LogP contribution in [-0.4, -0.2) is 18.6 Å². The van der Waals surface area contributed by atoms with Gasteiger partial charge in [0.05, 0.1) is 5.69 Å². The van der Waals surface area contributed by atoms with Crippen molar-refractivity contribution in [3.05, 3.63) is 27.6 Å². The number of rotatable bonds is 2. The normalized spacial score (nSPS) is 19.8. The molecule has 1 aliphatic heterocycles. The molecular formula is C11H11FINO2. The molecule has 1 aliphatic rings. The Hall–Kier alpha value is -0.690. The highest BCUT2D eigenvalue weighted by molar-refractivity contribution is 14.1. The van der Waals surface area contributed by atoms with Crippen LogP contribution in [-0.2, 0) is 9.53 Å². The summed E-state index contributed by atoms with van der Waals surface area (Å²) in [6, 6.07) is 4.27. The number of anilines is 1. The summed E-state index contributed by atoms with van der Waals surface area (Å²) in [5.41, 5.74) is 0.627. The molecule has 1 atom stereocenters. The van der Waals surface area contributed by atoms with Crippen LogP contribution in [0.2, 0.25) is 0 Å². The summed E-state index contributed by atoms with van der Waals surface area (Å²) in [7, 11) is 0. The fourth-order valence-corrected chi connectivity index (χ4v) is 2.20. The molecule has 16 heavy (non-hydrogen) atoms. The minimum atomic E-state index is -0.360. The van der Waals surface area contributed by atoms with Crippen LogP contribution < -0.4 is 5.32 Å². The zero-order chi connectivity index (χ0) is 11.5. The molecule has 0 spiro atoms. The summed E-state index contributed by atoms with van der Waals surface area (Å²) in [5, 5.41) is 2.74. The van der Waals surface area contributed by atoms with Crippen molar-refractivity contribution < 1.29 is 13.9 Å². The van der Waals surface area contributed by atoms with Crippen LogP contribution in [0.15, 0.2) is 18.2 Å². The molecule has 1 heterocycles. The second-order valence-electron chi connectivity index (χ2n) is 3.62. The SMILES string of the molecule is O=C(Nc1ccc(F)cc1I)C1CCCO1. The van der Waals surface area contributed by atoms with Crippen molar-refractivity contribution in [1.29, 1.82) is 0 Å². The maximum absolute atomic E-state index is 12.8. The molecule has 1 aromatic rings. The Morgan fingerprint density at radius 3 is 3.00 bits per heavy atom. The molecule has 2 rings (SSSR count). The first-order valence-corrected chi connectivity index (χ1v) is 6.12. The van der Waals surface area contributed by atoms with Crippen LogP contribution in [0, 0.1) is 9.39 Å². The Labute approximate surface area is 107 Å². The van der Waals surface area contributed by atoms with Gasteiger partial charge in [0.1, 0.15) is 11.9 Å². The predicted octanol–water partition coefficient (Wildman–Crippen LogP) is 2.55. The van der Waals surface area contributed by atoms with Crippen LogP contribution in [0.1, 0.15) is 12.8 Å². The van der Waals surface area contributed by atoms with E-state index in [4.69, 9.17) is 4.74 Å². The first-order chi connectivity index (χ1) is 7.66. The second-order valence-corrected chi connectivity index (χ2v) is 4.78. The summed E-state index contributed by atoms with van der Waals surface area (Å²) in [4.78, 5) is 11.7. The van der Waals surface area contributed by atoms with Gasteiger partial charge < -0.3 is 10.1 Å². The fourth-order valence-electron chi connectivity index (χ4n) is 1.59. The van der Waals surface area contributed by atoms with Gasteiger partial charge in [-0.15, -0.1) is 0 Å². The molecule has 3 nitrogen and oxygen atoms in total. The number of halogens is 2. The van der Waals surface area contributed by atoms with E-state index in [1.54, 1.807) is 6.07 Å². The van der Waals surface area contributed by atoms with Crippen molar-refractivity contribution in [2.45, 2.75) is 18.9 Å². The van der Waals surface area contributed by atoms with Crippen LogP contribution in [0.25, 0.3) is 0 Å². The number of amides is 1. The Balaban J connectivity index is 2.05. The van der Waals surface area contributed by atoms with Gasteiger partial charge in [0.15, 0.2) is 0 Å². The third-order valence-corrected chi connectivity index (χ3v) is 3.30. The molecule has 1 saturated heterocycles. The average Bonchev–Trinajstić information content (AvgIpc) is 2.75. The lowest BCUT2D eigenvalue weighted by molar-refractivity contribution is -0.124. The van der Waals surface area contributed by atoms with E-state index in [0.717, 1.165) is 12.8 Å². The molecule has 86 valence electrons. The number of carbonyl (C=O) groups is 1. The van der Waals surface area contributed by atoms with Gasteiger partial charge in [-0.1, -0.05) is 0 Å². The maximum Gasteiger partial charge on any atom is 0.253 e. The molecule has 0 aliphatic carbocycles. The smallest absolute Gasteiger partial charge is 0.253 e. The van der Waals surface area contributed by atoms with E-state index < -0.39 is 0 Å². The minimum absolute atomic E-state index is 0.151. The number of carbonyl (C=O) groups excluding carboxylic acids is 1. The molecule has 1 aromatic carbocycles. The lowest BCUT2D eigenvalue weighted by Crippen LogP contribution is -2.27. The van der Waals surface area contributed by atoms with E-state index in [1.807, 2.05) is 22.6 Å². The molecule has 1 fully saturated rings. The highest BCUT2D eigenvalue weighted by Crippen LogP contribution is 2.21. The Bertz CT molecular complexity index is 405. The van der Waals surface area contributed by atoms with Crippen LogP contribution in [0.5, 0.6) is 0 Å². The van der Waals surface area contributed by atoms with Gasteiger partial charge in [0, 0.05) is 10.2 Å². The molecule has 0 radical (unpaired) electrons. The topological polar surface area (TPSA) is 38.3 Å². The Morgan fingerprint density at radius 1 is 1.56 bits per heavy atom. The summed E-state index contributed by atoms with van der Waals surface area (Å²) in [6.45, 7) is 0.637. The maximum atomic E-state index is 12.8. The van der Waals surface area contributed by atoms with E-state index >= 15 is 0 Å². The molecule has 1 amide bonds. The number of ether oxygens (including phenoxy) is 1. The number of nitrogens with one attached hydrogen (secondary N) is 1. The van der Waals surface area contributed by atoms with Crippen molar-refractivity contribution in [2.24, 2.45) is 0 Å². The van der Waals surface area contributed by atoms with E-state index in [9.17, 15) is 9.18 Å². The van der Waals surface area contributed by atoms with E-state index in [2.05, 4.69) is 5.32 Å².